The van der Waals surface area contributed by atoms with Crippen molar-refractivity contribution in [3.8, 4) is 0 Å². The van der Waals surface area contributed by atoms with Crippen LogP contribution in [-0.4, -0.2) is 32.6 Å². The van der Waals surface area contributed by atoms with Crippen molar-refractivity contribution in [1.82, 2.24) is 20.0 Å². The molecular formula is C8H16N5+. The quantitative estimate of drug-likeness (QED) is 0.540. The lowest BCUT2D eigenvalue weighted by atomic mass is 10.3. The maximum atomic E-state index is 4.12. The summed E-state index contributed by atoms with van der Waals surface area (Å²) in [5.74, 6) is 1.07. The zero-order valence-electron chi connectivity index (χ0n) is 8.43. The Labute approximate surface area is 77.9 Å². The maximum Gasteiger partial charge on any atom is 0.314 e. The highest BCUT2D eigenvalue weighted by atomic mass is 15.6. The van der Waals surface area contributed by atoms with Gasteiger partial charge >= 0.3 is 5.82 Å². The summed E-state index contributed by atoms with van der Waals surface area (Å²) < 4.78 is 2.12. The van der Waals surface area contributed by atoms with Crippen LogP contribution in [0, 0.1) is 0 Å². The Morgan fingerprint density at radius 3 is 2.92 bits per heavy atom. The number of hydrogen-bond donors (Lipinski definition) is 0. The van der Waals surface area contributed by atoms with E-state index in [9.17, 15) is 0 Å². The van der Waals surface area contributed by atoms with Crippen LogP contribution in [0.15, 0.2) is 0 Å². The Kier molecular flexibility index (Phi) is 2.03. The summed E-state index contributed by atoms with van der Waals surface area (Å²) in [5.41, 5.74) is 0. The van der Waals surface area contributed by atoms with Gasteiger partial charge in [-0.15, -0.1) is 0 Å². The van der Waals surface area contributed by atoms with Crippen LogP contribution in [-0.2, 0) is 20.1 Å². The molecule has 2 rings (SSSR count). The molecule has 0 atom stereocenters. The molecule has 2 heterocycles. The highest BCUT2D eigenvalue weighted by Crippen LogP contribution is 2.05. The van der Waals surface area contributed by atoms with Crippen molar-refractivity contribution in [3.63, 3.8) is 0 Å². The Hall–Kier alpha value is -0.970. The minimum absolute atomic E-state index is 0.593. The zero-order chi connectivity index (χ0) is 9.42. The number of aryl methyl sites for hydroxylation is 1. The van der Waals surface area contributed by atoms with E-state index >= 15 is 0 Å². The number of tetrazole rings is 1. The Bertz CT molecular complexity index is 303. The summed E-state index contributed by atoms with van der Waals surface area (Å²) in [6.07, 6.45) is 0. The van der Waals surface area contributed by atoms with Gasteiger partial charge < -0.3 is 0 Å². The van der Waals surface area contributed by atoms with E-state index in [2.05, 4.69) is 33.7 Å². The molecule has 1 aliphatic heterocycles. The second-order valence-corrected chi connectivity index (χ2v) is 3.78. The fourth-order valence-electron chi connectivity index (χ4n) is 1.69. The minimum atomic E-state index is 0.593. The second kappa shape index (κ2) is 3.06. The molecule has 0 saturated carbocycles. The Morgan fingerprint density at radius 2 is 2.23 bits per heavy atom. The molecule has 0 unspecified atom stereocenters. The maximum absolute atomic E-state index is 4.12. The minimum Gasteiger partial charge on any atom is -0.288 e. The molecule has 5 heteroatoms. The predicted molar refractivity (Wildman–Crippen MR) is 46.7 cm³/mol. The molecule has 72 valence electrons. The molecule has 0 bridgehead atoms. The van der Waals surface area contributed by atoms with E-state index in [0.717, 1.165) is 25.5 Å². The first-order valence-electron chi connectivity index (χ1n) is 4.71. The Morgan fingerprint density at radius 1 is 1.46 bits per heavy atom. The van der Waals surface area contributed by atoms with Crippen LogP contribution >= 0.6 is 0 Å². The number of fused-ring (bicyclic) bond motifs is 1. The summed E-state index contributed by atoms with van der Waals surface area (Å²) >= 11 is 0. The molecule has 0 N–H and O–H groups in total. The van der Waals surface area contributed by atoms with Crippen molar-refractivity contribution in [2.45, 2.75) is 33.0 Å². The van der Waals surface area contributed by atoms with Crippen molar-refractivity contribution >= 4 is 0 Å². The van der Waals surface area contributed by atoms with E-state index in [1.54, 1.807) is 0 Å². The van der Waals surface area contributed by atoms with Crippen LogP contribution in [0.25, 0.3) is 0 Å². The molecule has 0 aliphatic carbocycles. The van der Waals surface area contributed by atoms with Gasteiger partial charge in [0.15, 0.2) is 5.21 Å². The van der Waals surface area contributed by atoms with Crippen molar-refractivity contribution in [1.29, 1.82) is 0 Å². The lowest BCUT2D eigenvalue weighted by Crippen LogP contribution is -2.55. The largest absolute Gasteiger partial charge is 0.314 e. The monoisotopic (exact) mass is 182 g/mol. The van der Waals surface area contributed by atoms with E-state index < -0.39 is 0 Å². The summed E-state index contributed by atoms with van der Waals surface area (Å²) in [7, 11) is 1.93. The topological polar surface area (TPSA) is 37.8 Å². The summed E-state index contributed by atoms with van der Waals surface area (Å²) in [6.45, 7) is 7.44. The van der Waals surface area contributed by atoms with Gasteiger partial charge in [-0.1, -0.05) is 4.80 Å². The number of hydrogen-bond acceptors (Lipinski definition) is 3. The standard InChI is InChI=1S/C8H16N5/c1-7(2)12-4-5-13-8(6-12)9-10-11(13)3/h7H,4-6H2,1-3H3/q+1. The smallest absolute Gasteiger partial charge is 0.288 e. The Balaban J connectivity index is 2.21. The van der Waals surface area contributed by atoms with Crippen molar-refractivity contribution in [2.24, 2.45) is 7.05 Å². The van der Waals surface area contributed by atoms with Crippen LogP contribution in [0.5, 0.6) is 0 Å². The molecule has 5 nitrogen and oxygen atoms in total. The van der Waals surface area contributed by atoms with E-state index in [1.165, 1.54) is 0 Å². The van der Waals surface area contributed by atoms with Crippen LogP contribution in [0.3, 0.4) is 0 Å². The van der Waals surface area contributed by atoms with Crippen LogP contribution < -0.4 is 4.68 Å². The van der Waals surface area contributed by atoms with Gasteiger partial charge in [0.2, 0.25) is 0 Å². The van der Waals surface area contributed by atoms with Gasteiger partial charge in [-0.25, -0.2) is 0 Å². The van der Waals surface area contributed by atoms with Gasteiger partial charge in [0.25, 0.3) is 0 Å². The van der Waals surface area contributed by atoms with Crippen molar-refractivity contribution in [3.05, 3.63) is 5.82 Å². The highest BCUT2D eigenvalue weighted by molar-refractivity contribution is 4.74. The van der Waals surface area contributed by atoms with Gasteiger partial charge in [0.1, 0.15) is 11.6 Å². The normalized spacial score (nSPS) is 17.8. The first-order chi connectivity index (χ1) is 6.18. The number of aromatic nitrogens is 4. The number of nitrogens with zero attached hydrogens (tertiary/aromatic N) is 5. The average Bonchev–Trinajstić information content (AvgIpc) is 2.47. The van der Waals surface area contributed by atoms with Crippen LogP contribution in [0.4, 0.5) is 0 Å². The van der Waals surface area contributed by atoms with Gasteiger partial charge in [0, 0.05) is 12.6 Å². The van der Waals surface area contributed by atoms with Gasteiger partial charge in [-0.2, -0.15) is 4.68 Å². The molecule has 0 fully saturated rings. The van der Waals surface area contributed by atoms with Gasteiger partial charge in [0.05, 0.1) is 13.6 Å². The van der Waals surface area contributed by atoms with Crippen LogP contribution in [0.1, 0.15) is 19.7 Å². The molecule has 0 saturated heterocycles. The summed E-state index contributed by atoms with van der Waals surface area (Å²) in [6, 6.07) is 0.593. The first kappa shape index (κ1) is 8.62. The second-order valence-electron chi connectivity index (χ2n) is 3.78. The third-order valence-electron chi connectivity index (χ3n) is 2.61. The molecule has 1 aromatic rings. The molecular weight excluding hydrogens is 166 g/mol. The SMILES string of the molecule is CC(C)N1CC[n+]2c(nnn2C)C1. The average molecular weight is 182 g/mol. The van der Waals surface area contributed by atoms with Crippen LogP contribution in [0.2, 0.25) is 0 Å². The zero-order valence-corrected chi connectivity index (χ0v) is 8.43. The van der Waals surface area contributed by atoms with Crippen molar-refractivity contribution in [2.75, 3.05) is 6.54 Å². The molecule has 13 heavy (non-hydrogen) atoms. The van der Waals surface area contributed by atoms with Gasteiger partial charge in [-0.05, 0) is 13.8 Å². The van der Waals surface area contributed by atoms with E-state index in [1.807, 2.05) is 11.8 Å². The summed E-state index contributed by atoms with van der Waals surface area (Å²) in [4.78, 5) is 4.22. The molecule has 1 aliphatic rings. The molecule has 0 amide bonds. The third-order valence-corrected chi connectivity index (χ3v) is 2.61. The molecule has 0 aromatic carbocycles. The molecule has 1 aromatic heterocycles. The van der Waals surface area contributed by atoms with E-state index in [0.29, 0.717) is 6.04 Å². The number of rotatable bonds is 1. The van der Waals surface area contributed by atoms with Gasteiger partial charge in [-0.3, -0.25) is 4.90 Å². The third kappa shape index (κ3) is 1.44. The fraction of sp³-hybridized carbons (Fsp3) is 0.875. The predicted octanol–water partition coefficient (Wildman–Crippen LogP) is -0.673. The summed E-state index contributed by atoms with van der Waals surface area (Å²) in [5, 5.41) is 8.12. The van der Waals surface area contributed by atoms with Crippen molar-refractivity contribution < 1.29 is 4.68 Å². The van der Waals surface area contributed by atoms with E-state index in [-0.39, 0.29) is 0 Å². The van der Waals surface area contributed by atoms with E-state index in [4.69, 9.17) is 0 Å². The highest BCUT2D eigenvalue weighted by Gasteiger charge is 2.27. The molecule has 0 spiro atoms. The first-order valence-corrected chi connectivity index (χ1v) is 4.71. The lowest BCUT2D eigenvalue weighted by Gasteiger charge is -2.27. The lowest BCUT2D eigenvalue weighted by molar-refractivity contribution is -0.790. The fourth-order valence-corrected chi connectivity index (χ4v) is 1.69. The molecule has 0 radical (unpaired) electrons.